The standard InChI is InChI=1S/C12H24N2O2S2/c1-3-17-11(13)5-7-15-9-10-16-8-6-12(14)18-4-2/h13-14H,3-10H2,1-2H3. The lowest BCUT2D eigenvalue weighted by Crippen LogP contribution is -2.09. The van der Waals surface area contributed by atoms with E-state index in [1.54, 1.807) is 23.5 Å². The van der Waals surface area contributed by atoms with Gasteiger partial charge in [-0.3, -0.25) is 10.8 Å². The highest BCUT2D eigenvalue weighted by atomic mass is 32.2. The number of hydrogen-bond acceptors (Lipinski definition) is 6. The fourth-order valence-electron chi connectivity index (χ4n) is 1.14. The van der Waals surface area contributed by atoms with Crippen molar-refractivity contribution in [1.29, 1.82) is 10.8 Å². The Bertz CT molecular complexity index is 214. The molecule has 0 saturated heterocycles. The van der Waals surface area contributed by atoms with Gasteiger partial charge in [0.2, 0.25) is 0 Å². The minimum Gasteiger partial charge on any atom is -0.379 e. The van der Waals surface area contributed by atoms with Crippen LogP contribution in [0.2, 0.25) is 0 Å². The van der Waals surface area contributed by atoms with Crippen LogP contribution in [-0.4, -0.2) is 48.0 Å². The Hall–Kier alpha value is -0.0400. The van der Waals surface area contributed by atoms with Gasteiger partial charge in [0.1, 0.15) is 0 Å². The van der Waals surface area contributed by atoms with Crippen LogP contribution < -0.4 is 0 Å². The van der Waals surface area contributed by atoms with Crippen molar-refractivity contribution in [3.05, 3.63) is 0 Å². The molecule has 0 aliphatic rings. The van der Waals surface area contributed by atoms with Gasteiger partial charge in [0, 0.05) is 12.8 Å². The third-order valence-electron chi connectivity index (χ3n) is 1.96. The summed E-state index contributed by atoms with van der Waals surface area (Å²) in [5.41, 5.74) is 0. The van der Waals surface area contributed by atoms with Crippen molar-refractivity contribution in [2.45, 2.75) is 26.7 Å². The molecule has 0 radical (unpaired) electrons. The molecule has 0 atom stereocenters. The molecule has 18 heavy (non-hydrogen) atoms. The molecule has 0 aromatic carbocycles. The lowest BCUT2D eigenvalue weighted by molar-refractivity contribution is 0.0534. The molecule has 106 valence electrons. The zero-order valence-corrected chi connectivity index (χ0v) is 12.9. The van der Waals surface area contributed by atoms with Gasteiger partial charge in [0.05, 0.1) is 36.5 Å². The Kier molecular flexibility index (Phi) is 13.4. The Balaban J connectivity index is 3.16. The van der Waals surface area contributed by atoms with E-state index < -0.39 is 0 Å². The van der Waals surface area contributed by atoms with Crippen LogP contribution in [0, 0.1) is 10.8 Å². The second-order valence-corrected chi connectivity index (χ2v) is 6.15. The molecule has 0 bridgehead atoms. The molecule has 0 saturated carbocycles. The molecule has 0 heterocycles. The maximum atomic E-state index is 7.55. The average Bonchev–Trinajstić information content (AvgIpc) is 2.33. The van der Waals surface area contributed by atoms with E-state index in [2.05, 4.69) is 0 Å². The Morgan fingerprint density at radius 1 is 0.778 bits per heavy atom. The Labute approximate surface area is 119 Å². The Morgan fingerprint density at radius 3 is 1.50 bits per heavy atom. The van der Waals surface area contributed by atoms with E-state index >= 15 is 0 Å². The van der Waals surface area contributed by atoms with Crippen LogP contribution in [0.4, 0.5) is 0 Å². The normalized spacial score (nSPS) is 10.6. The van der Waals surface area contributed by atoms with Crippen molar-refractivity contribution in [3.8, 4) is 0 Å². The van der Waals surface area contributed by atoms with Crippen LogP contribution in [0.5, 0.6) is 0 Å². The van der Waals surface area contributed by atoms with E-state index in [1.807, 2.05) is 13.8 Å². The highest BCUT2D eigenvalue weighted by molar-refractivity contribution is 8.14. The number of hydrogen-bond donors (Lipinski definition) is 2. The smallest absolute Gasteiger partial charge is 0.0700 e. The van der Waals surface area contributed by atoms with E-state index in [9.17, 15) is 0 Å². The van der Waals surface area contributed by atoms with Crippen molar-refractivity contribution < 1.29 is 9.47 Å². The van der Waals surface area contributed by atoms with Crippen LogP contribution in [0.25, 0.3) is 0 Å². The molecule has 0 rings (SSSR count). The number of ether oxygens (including phenoxy) is 2. The molecule has 0 fully saturated rings. The first kappa shape index (κ1) is 18.0. The molecular formula is C12H24N2O2S2. The number of nitrogens with one attached hydrogen (secondary N) is 2. The summed E-state index contributed by atoms with van der Waals surface area (Å²) in [6, 6.07) is 0. The van der Waals surface area contributed by atoms with Gasteiger partial charge in [-0.05, 0) is 11.5 Å². The van der Waals surface area contributed by atoms with Crippen molar-refractivity contribution in [2.24, 2.45) is 0 Å². The van der Waals surface area contributed by atoms with Crippen molar-refractivity contribution >= 4 is 33.6 Å². The van der Waals surface area contributed by atoms with Gasteiger partial charge in [0.15, 0.2) is 0 Å². The SMILES string of the molecule is CCSC(=N)CCOCCOCCC(=N)SCC. The largest absolute Gasteiger partial charge is 0.379 e. The second kappa shape index (κ2) is 13.4. The predicted octanol–water partition coefficient (Wildman–Crippen LogP) is 3.26. The molecule has 0 aromatic rings. The van der Waals surface area contributed by atoms with Gasteiger partial charge in [-0.1, -0.05) is 13.8 Å². The van der Waals surface area contributed by atoms with Crippen LogP contribution in [-0.2, 0) is 9.47 Å². The lowest BCUT2D eigenvalue weighted by Gasteiger charge is -2.06. The minimum atomic E-state index is 0.568. The van der Waals surface area contributed by atoms with Crippen LogP contribution in [0.1, 0.15) is 26.7 Å². The summed E-state index contributed by atoms with van der Waals surface area (Å²) in [5.74, 6) is 1.90. The third kappa shape index (κ3) is 12.4. The van der Waals surface area contributed by atoms with Gasteiger partial charge in [-0.25, -0.2) is 0 Å². The second-order valence-electron chi connectivity index (χ2n) is 3.44. The highest BCUT2D eigenvalue weighted by Crippen LogP contribution is 2.05. The molecule has 0 aromatic heterocycles. The fourth-order valence-corrected chi connectivity index (χ4v) is 2.30. The van der Waals surface area contributed by atoms with E-state index in [1.165, 1.54) is 0 Å². The first-order valence-corrected chi connectivity index (χ1v) is 8.23. The zero-order valence-electron chi connectivity index (χ0n) is 11.3. The molecule has 0 unspecified atom stereocenters. The summed E-state index contributed by atoms with van der Waals surface area (Å²) in [5, 5.41) is 16.5. The van der Waals surface area contributed by atoms with E-state index in [0.717, 1.165) is 11.5 Å². The number of rotatable bonds is 11. The summed E-state index contributed by atoms with van der Waals surface area (Å²) in [6.45, 7) is 6.41. The first-order chi connectivity index (χ1) is 8.70. The predicted molar refractivity (Wildman–Crippen MR) is 82.6 cm³/mol. The lowest BCUT2D eigenvalue weighted by atomic mass is 10.5. The van der Waals surface area contributed by atoms with Crippen LogP contribution >= 0.6 is 23.5 Å². The van der Waals surface area contributed by atoms with E-state index in [4.69, 9.17) is 20.3 Å². The quantitative estimate of drug-likeness (QED) is 0.348. The highest BCUT2D eigenvalue weighted by Gasteiger charge is 1.98. The summed E-state index contributed by atoms with van der Waals surface area (Å²) in [6.07, 6.45) is 1.38. The summed E-state index contributed by atoms with van der Waals surface area (Å²) >= 11 is 3.11. The van der Waals surface area contributed by atoms with Crippen LogP contribution in [0.15, 0.2) is 0 Å². The summed E-state index contributed by atoms with van der Waals surface area (Å²) in [7, 11) is 0. The van der Waals surface area contributed by atoms with Gasteiger partial charge in [-0.15, -0.1) is 23.5 Å². The van der Waals surface area contributed by atoms with Crippen molar-refractivity contribution in [1.82, 2.24) is 0 Å². The zero-order chi connectivity index (χ0) is 13.6. The molecule has 0 aliphatic heterocycles. The summed E-state index contributed by atoms with van der Waals surface area (Å²) in [4.78, 5) is 0. The van der Waals surface area contributed by atoms with E-state index in [-0.39, 0.29) is 0 Å². The van der Waals surface area contributed by atoms with Gasteiger partial charge >= 0.3 is 0 Å². The maximum absolute atomic E-state index is 7.55. The fraction of sp³-hybridized carbons (Fsp3) is 0.833. The monoisotopic (exact) mass is 292 g/mol. The van der Waals surface area contributed by atoms with Gasteiger partial charge in [-0.2, -0.15) is 0 Å². The van der Waals surface area contributed by atoms with Gasteiger partial charge < -0.3 is 9.47 Å². The third-order valence-corrected chi connectivity index (χ3v) is 3.64. The first-order valence-electron chi connectivity index (χ1n) is 6.26. The maximum Gasteiger partial charge on any atom is 0.0700 e. The number of thioether (sulfide) groups is 2. The topological polar surface area (TPSA) is 66.2 Å². The molecule has 0 amide bonds. The molecule has 0 aliphatic carbocycles. The summed E-state index contributed by atoms with van der Waals surface area (Å²) < 4.78 is 10.7. The van der Waals surface area contributed by atoms with Crippen molar-refractivity contribution in [3.63, 3.8) is 0 Å². The molecule has 4 nitrogen and oxygen atoms in total. The van der Waals surface area contributed by atoms with Crippen molar-refractivity contribution in [2.75, 3.05) is 37.9 Å². The molecule has 0 spiro atoms. The Morgan fingerprint density at radius 2 is 1.17 bits per heavy atom. The van der Waals surface area contributed by atoms with E-state index in [0.29, 0.717) is 49.4 Å². The van der Waals surface area contributed by atoms with Crippen LogP contribution in [0.3, 0.4) is 0 Å². The molecular weight excluding hydrogens is 268 g/mol. The van der Waals surface area contributed by atoms with Gasteiger partial charge in [0.25, 0.3) is 0 Å². The average molecular weight is 292 g/mol. The molecule has 6 heteroatoms. The minimum absolute atomic E-state index is 0.568. The molecule has 2 N–H and O–H groups in total.